The Morgan fingerprint density at radius 2 is 1.72 bits per heavy atom. The summed E-state index contributed by atoms with van der Waals surface area (Å²) in [6, 6.07) is 22.1. The van der Waals surface area contributed by atoms with Gasteiger partial charge in [-0.2, -0.15) is 0 Å². The van der Waals surface area contributed by atoms with Gasteiger partial charge in [0, 0.05) is 6.20 Å². The molecule has 0 unspecified atom stereocenters. The van der Waals surface area contributed by atoms with Gasteiger partial charge in [0.15, 0.2) is 0 Å². The number of nitrogens with zero attached hydrogens (tertiary/aromatic N) is 2. The van der Waals surface area contributed by atoms with Crippen LogP contribution in [0.3, 0.4) is 0 Å². The third kappa shape index (κ3) is 4.07. The lowest BCUT2D eigenvalue weighted by Gasteiger charge is -2.52. The number of carboxylic acid groups (broad SMARTS) is 1. The van der Waals surface area contributed by atoms with Crippen LogP contribution in [0.2, 0.25) is 0 Å². The van der Waals surface area contributed by atoms with E-state index in [1.54, 1.807) is 25.3 Å². The second-order valence-corrected chi connectivity index (χ2v) is 8.32. The minimum Gasteiger partial charge on any atom is -0.480 e. The number of amides is 1. The van der Waals surface area contributed by atoms with Crippen molar-refractivity contribution in [3.63, 3.8) is 0 Å². The highest BCUT2D eigenvalue weighted by molar-refractivity contribution is 5.99. The summed E-state index contributed by atoms with van der Waals surface area (Å²) in [6.07, 6.45) is 1.85. The van der Waals surface area contributed by atoms with Crippen molar-refractivity contribution in [2.75, 3.05) is 12.4 Å². The van der Waals surface area contributed by atoms with Crippen molar-refractivity contribution in [2.24, 2.45) is 5.41 Å². The number of aliphatic carboxylic acids is 1. The zero-order valence-electron chi connectivity index (χ0n) is 17.8. The van der Waals surface area contributed by atoms with Gasteiger partial charge in [-0.05, 0) is 42.2 Å². The van der Waals surface area contributed by atoms with Gasteiger partial charge in [-0.25, -0.2) is 9.78 Å². The van der Waals surface area contributed by atoms with Gasteiger partial charge in [-0.1, -0.05) is 60.7 Å². The topological polar surface area (TPSA) is 109 Å². The van der Waals surface area contributed by atoms with Crippen LogP contribution in [0.5, 0.6) is 0 Å². The number of hydrogen-bond donors (Lipinski definition) is 3. The first kappa shape index (κ1) is 21.5. The minimum atomic E-state index is -1.05. The Labute approximate surface area is 186 Å². The van der Waals surface area contributed by atoms with Gasteiger partial charge in [0.05, 0.1) is 18.1 Å². The van der Waals surface area contributed by atoms with E-state index in [1.807, 2.05) is 60.7 Å². The van der Waals surface area contributed by atoms with Crippen LogP contribution in [-0.2, 0) is 16.0 Å². The third-order valence-electron chi connectivity index (χ3n) is 6.05. The van der Waals surface area contributed by atoms with Crippen LogP contribution < -0.4 is 11.1 Å². The number of benzene rings is 2. The summed E-state index contributed by atoms with van der Waals surface area (Å²) in [5.41, 5.74) is 7.57. The molecule has 0 aliphatic carbocycles. The highest BCUT2D eigenvalue weighted by atomic mass is 16.4. The predicted molar refractivity (Wildman–Crippen MR) is 121 cm³/mol. The third-order valence-corrected chi connectivity index (χ3v) is 6.05. The fraction of sp³-hybridized carbons (Fsp3) is 0.240. The van der Waals surface area contributed by atoms with E-state index in [1.165, 1.54) is 4.90 Å². The quantitative estimate of drug-likeness (QED) is 0.474. The number of nitrogens with one attached hydrogen (secondary N) is 1. The van der Waals surface area contributed by atoms with Crippen molar-refractivity contribution < 1.29 is 14.7 Å². The highest BCUT2D eigenvalue weighted by Gasteiger charge is 2.60. The normalized spacial score (nSPS) is 20.2. The molecule has 164 valence electrons. The lowest BCUT2D eigenvalue weighted by Crippen LogP contribution is -2.72. The van der Waals surface area contributed by atoms with Crippen LogP contribution in [-0.4, -0.2) is 39.6 Å². The zero-order chi connectivity index (χ0) is 22.7. The van der Waals surface area contributed by atoms with E-state index in [0.29, 0.717) is 5.82 Å². The van der Waals surface area contributed by atoms with Crippen molar-refractivity contribution in [3.05, 3.63) is 95.7 Å². The van der Waals surface area contributed by atoms with E-state index in [2.05, 4.69) is 10.3 Å². The summed E-state index contributed by atoms with van der Waals surface area (Å²) in [4.78, 5) is 30.6. The van der Waals surface area contributed by atoms with E-state index >= 15 is 0 Å². The van der Waals surface area contributed by atoms with Gasteiger partial charge in [0.25, 0.3) is 0 Å². The lowest BCUT2D eigenvalue weighted by molar-refractivity contribution is -0.183. The van der Waals surface area contributed by atoms with Gasteiger partial charge in [-0.3, -0.25) is 10.1 Å². The molecule has 7 heteroatoms. The molecule has 4 N–H and O–H groups in total. The molecule has 2 atom stereocenters. The number of carbonyl (C=O) groups is 2. The number of anilines is 1. The second-order valence-electron chi connectivity index (χ2n) is 8.32. The number of β-lactam (4-membered cyclic amide) rings is 1. The Morgan fingerprint density at radius 3 is 2.25 bits per heavy atom. The number of nitrogen functional groups attached to an aromatic ring is 1. The molecule has 7 nitrogen and oxygen atoms in total. The first-order valence-corrected chi connectivity index (χ1v) is 10.5. The maximum Gasteiger partial charge on any atom is 0.327 e. The molecule has 2 heterocycles. The first-order valence-electron chi connectivity index (χ1n) is 10.5. The smallest absolute Gasteiger partial charge is 0.327 e. The van der Waals surface area contributed by atoms with Crippen molar-refractivity contribution in [1.82, 2.24) is 15.2 Å². The molecule has 1 saturated heterocycles. The molecule has 0 saturated carbocycles. The average Bonchev–Trinajstić information content (AvgIpc) is 2.79. The molecule has 0 spiro atoms. The van der Waals surface area contributed by atoms with Crippen molar-refractivity contribution >= 4 is 17.7 Å². The zero-order valence-corrected chi connectivity index (χ0v) is 17.8. The van der Waals surface area contributed by atoms with Crippen molar-refractivity contribution in [1.29, 1.82) is 0 Å². The largest absolute Gasteiger partial charge is 0.480 e. The SMILES string of the molecule is C[C@]1(Cc2ccnc(N)c2)C(=O)N(CNC(c2ccccc2)c2ccccc2)[C@@H]1C(=O)O. The summed E-state index contributed by atoms with van der Waals surface area (Å²) in [5.74, 6) is -0.878. The molecule has 1 aliphatic rings. The molecular formula is C25H26N4O3. The number of likely N-dealkylation sites (tertiary alicyclic amines) is 1. The average molecular weight is 431 g/mol. The van der Waals surface area contributed by atoms with Crippen LogP contribution in [0.25, 0.3) is 0 Å². The number of pyridine rings is 1. The number of aromatic nitrogens is 1. The molecule has 3 aromatic rings. The van der Waals surface area contributed by atoms with Crippen LogP contribution in [0.15, 0.2) is 79.0 Å². The van der Waals surface area contributed by atoms with E-state index < -0.39 is 17.4 Å². The van der Waals surface area contributed by atoms with Crippen LogP contribution in [0.4, 0.5) is 5.82 Å². The molecule has 1 aliphatic heterocycles. The highest BCUT2D eigenvalue weighted by Crippen LogP contribution is 2.42. The molecule has 4 rings (SSSR count). The number of nitrogens with two attached hydrogens (primary N) is 1. The summed E-state index contributed by atoms with van der Waals surface area (Å²) >= 11 is 0. The van der Waals surface area contributed by atoms with Gasteiger partial charge >= 0.3 is 5.97 Å². The van der Waals surface area contributed by atoms with E-state index in [4.69, 9.17) is 5.73 Å². The molecule has 1 fully saturated rings. The maximum atomic E-state index is 13.1. The number of hydrogen-bond acceptors (Lipinski definition) is 5. The second kappa shape index (κ2) is 8.80. The molecule has 1 amide bonds. The fourth-order valence-electron chi connectivity index (χ4n) is 4.52. The van der Waals surface area contributed by atoms with Crippen molar-refractivity contribution in [2.45, 2.75) is 25.4 Å². The molecule has 32 heavy (non-hydrogen) atoms. The Balaban J connectivity index is 1.54. The lowest BCUT2D eigenvalue weighted by atomic mass is 9.68. The summed E-state index contributed by atoms with van der Waals surface area (Å²) in [7, 11) is 0. The first-order chi connectivity index (χ1) is 15.4. The van der Waals surface area contributed by atoms with Crippen LogP contribution in [0.1, 0.15) is 29.7 Å². The maximum absolute atomic E-state index is 13.1. The Kier molecular flexibility index (Phi) is 5.92. The Morgan fingerprint density at radius 1 is 1.12 bits per heavy atom. The monoisotopic (exact) mass is 430 g/mol. The van der Waals surface area contributed by atoms with Crippen LogP contribution in [0, 0.1) is 5.41 Å². The Bertz CT molecular complexity index is 1070. The Hall–Kier alpha value is -3.71. The summed E-state index contributed by atoms with van der Waals surface area (Å²) in [5, 5.41) is 13.3. The summed E-state index contributed by atoms with van der Waals surface area (Å²) in [6.45, 7) is 1.82. The fourth-order valence-corrected chi connectivity index (χ4v) is 4.52. The molecule has 0 bridgehead atoms. The van der Waals surface area contributed by atoms with E-state index in [9.17, 15) is 14.7 Å². The van der Waals surface area contributed by atoms with E-state index in [-0.39, 0.29) is 25.0 Å². The van der Waals surface area contributed by atoms with Gasteiger partial charge < -0.3 is 15.7 Å². The van der Waals surface area contributed by atoms with Gasteiger partial charge in [0.2, 0.25) is 5.91 Å². The van der Waals surface area contributed by atoms with Gasteiger partial charge in [0.1, 0.15) is 11.9 Å². The standard InChI is InChI=1S/C25H26N4O3/c1-25(15-17-12-13-27-20(26)14-17)22(23(30)31)29(24(25)32)16-28-21(18-8-4-2-5-9-18)19-10-6-3-7-11-19/h2-14,21-22,28H,15-16H2,1H3,(H2,26,27)(H,30,31)/t22-,25-/m1/s1. The molecule has 1 aromatic heterocycles. The molecule has 2 aromatic carbocycles. The van der Waals surface area contributed by atoms with Crippen molar-refractivity contribution in [3.8, 4) is 0 Å². The van der Waals surface area contributed by atoms with Crippen LogP contribution >= 0.6 is 0 Å². The molecule has 0 radical (unpaired) electrons. The minimum absolute atomic E-state index is 0.123. The summed E-state index contributed by atoms with van der Waals surface area (Å²) < 4.78 is 0. The number of carbonyl (C=O) groups excluding carboxylic acids is 1. The number of rotatable bonds is 8. The molecular weight excluding hydrogens is 404 g/mol. The number of carboxylic acids is 1. The predicted octanol–water partition coefficient (Wildman–Crippen LogP) is 2.84. The van der Waals surface area contributed by atoms with E-state index in [0.717, 1.165) is 16.7 Å². The van der Waals surface area contributed by atoms with Gasteiger partial charge in [-0.15, -0.1) is 0 Å².